The summed E-state index contributed by atoms with van der Waals surface area (Å²) in [4.78, 5) is 15.5. The van der Waals surface area contributed by atoms with E-state index in [-0.39, 0.29) is 5.91 Å². The lowest BCUT2D eigenvalue weighted by atomic mass is 9.87. The first-order valence-electron chi connectivity index (χ1n) is 8.85. The second kappa shape index (κ2) is 6.40. The quantitative estimate of drug-likeness (QED) is 0.939. The van der Waals surface area contributed by atoms with Gasteiger partial charge in [-0.3, -0.25) is 9.48 Å². The molecule has 0 spiro atoms. The molecule has 1 amide bonds. The maximum Gasteiger partial charge on any atom is 0.250 e. The summed E-state index contributed by atoms with van der Waals surface area (Å²) in [6.45, 7) is 3.39. The molecule has 2 aliphatic rings. The van der Waals surface area contributed by atoms with Gasteiger partial charge in [0.2, 0.25) is 0 Å². The van der Waals surface area contributed by atoms with Gasteiger partial charge in [0.05, 0.1) is 0 Å². The lowest BCUT2D eigenvalue weighted by Gasteiger charge is -2.39. The molecule has 3 heterocycles. The van der Waals surface area contributed by atoms with Gasteiger partial charge >= 0.3 is 0 Å². The van der Waals surface area contributed by atoms with Gasteiger partial charge in [0.25, 0.3) is 5.91 Å². The molecule has 2 aliphatic heterocycles. The highest BCUT2D eigenvalue weighted by Gasteiger charge is 2.45. The Morgan fingerprint density at radius 3 is 2.67 bits per heavy atom. The highest BCUT2D eigenvalue weighted by Crippen LogP contribution is 2.34. The molecular formula is C19H24N4O. The predicted octanol–water partition coefficient (Wildman–Crippen LogP) is 1.98. The number of nitrogens with zero attached hydrogens (tertiary/aromatic N) is 3. The minimum Gasteiger partial charge on any atom is -0.340 e. The summed E-state index contributed by atoms with van der Waals surface area (Å²) in [5.74, 6) is 0.692. The van der Waals surface area contributed by atoms with Crippen molar-refractivity contribution in [1.82, 2.24) is 20.0 Å². The fourth-order valence-electron chi connectivity index (χ4n) is 4.14. The zero-order chi connectivity index (χ0) is 16.4. The SMILES string of the molecule is O=C(N1CCC(c2ccccc2)C1)C1(n2cccn2)CCNCC1. The van der Waals surface area contributed by atoms with Crippen LogP contribution in [-0.2, 0) is 10.3 Å². The lowest BCUT2D eigenvalue weighted by Crippen LogP contribution is -2.55. The molecule has 0 aliphatic carbocycles. The molecule has 24 heavy (non-hydrogen) atoms. The standard InChI is InChI=1S/C19H24N4O/c24-18(19(8-11-20-12-9-19)23-13-4-10-21-23)22-14-7-17(15-22)16-5-2-1-3-6-16/h1-6,10,13,17,20H,7-9,11-12,14-15H2. The predicted molar refractivity (Wildman–Crippen MR) is 92.7 cm³/mol. The van der Waals surface area contributed by atoms with Crippen LogP contribution in [0.15, 0.2) is 48.8 Å². The number of carbonyl (C=O) groups excluding carboxylic acids is 1. The van der Waals surface area contributed by atoms with Crippen molar-refractivity contribution in [2.24, 2.45) is 0 Å². The van der Waals surface area contributed by atoms with Gasteiger partial charge in [-0.15, -0.1) is 0 Å². The Balaban J connectivity index is 1.56. The second-order valence-electron chi connectivity index (χ2n) is 6.88. The molecule has 1 N–H and O–H groups in total. The number of hydrogen-bond donors (Lipinski definition) is 1. The first-order valence-corrected chi connectivity index (χ1v) is 8.85. The zero-order valence-corrected chi connectivity index (χ0v) is 13.9. The van der Waals surface area contributed by atoms with Crippen LogP contribution in [0.2, 0.25) is 0 Å². The first kappa shape index (κ1) is 15.4. The van der Waals surface area contributed by atoms with Gasteiger partial charge in [0.15, 0.2) is 0 Å². The molecule has 1 unspecified atom stereocenters. The Hall–Kier alpha value is -2.14. The molecule has 2 fully saturated rings. The summed E-state index contributed by atoms with van der Waals surface area (Å²) in [6.07, 6.45) is 6.37. The van der Waals surface area contributed by atoms with Crippen molar-refractivity contribution in [1.29, 1.82) is 0 Å². The van der Waals surface area contributed by atoms with E-state index in [1.54, 1.807) is 6.20 Å². The minimum absolute atomic E-state index is 0.242. The third-order valence-corrected chi connectivity index (χ3v) is 5.52. The molecule has 2 aromatic rings. The second-order valence-corrected chi connectivity index (χ2v) is 6.88. The van der Waals surface area contributed by atoms with Crippen molar-refractivity contribution in [2.75, 3.05) is 26.2 Å². The smallest absolute Gasteiger partial charge is 0.250 e. The van der Waals surface area contributed by atoms with Crippen LogP contribution < -0.4 is 5.32 Å². The van der Waals surface area contributed by atoms with E-state index in [9.17, 15) is 4.79 Å². The molecule has 1 aromatic carbocycles. The van der Waals surface area contributed by atoms with E-state index in [1.165, 1.54) is 5.56 Å². The highest BCUT2D eigenvalue weighted by molar-refractivity contribution is 5.85. The van der Waals surface area contributed by atoms with Crippen LogP contribution >= 0.6 is 0 Å². The third-order valence-electron chi connectivity index (χ3n) is 5.52. The van der Waals surface area contributed by atoms with E-state index in [1.807, 2.05) is 23.0 Å². The van der Waals surface area contributed by atoms with Gasteiger partial charge < -0.3 is 10.2 Å². The molecular weight excluding hydrogens is 300 g/mol. The molecule has 2 saturated heterocycles. The van der Waals surface area contributed by atoms with E-state index in [4.69, 9.17) is 0 Å². The molecule has 0 saturated carbocycles. The average Bonchev–Trinajstić information content (AvgIpc) is 3.34. The van der Waals surface area contributed by atoms with Crippen molar-refractivity contribution < 1.29 is 4.79 Å². The third kappa shape index (κ3) is 2.63. The number of aromatic nitrogens is 2. The summed E-state index contributed by atoms with van der Waals surface area (Å²) in [6, 6.07) is 12.5. The molecule has 5 nitrogen and oxygen atoms in total. The van der Waals surface area contributed by atoms with Gasteiger partial charge in [-0.2, -0.15) is 5.10 Å². The Morgan fingerprint density at radius 1 is 1.17 bits per heavy atom. The van der Waals surface area contributed by atoms with Gasteiger partial charge in [0, 0.05) is 31.4 Å². The minimum atomic E-state index is -0.514. The maximum absolute atomic E-state index is 13.4. The molecule has 0 bridgehead atoms. The number of amides is 1. The summed E-state index contributed by atoms with van der Waals surface area (Å²) < 4.78 is 1.89. The zero-order valence-electron chi connectivity index (χ0n) is 13.9. The van der Waals surface area contributed by atoms with E-state index in [0.29, 0.717) is 5.92 Å². The van der Waals surface area contributed by atoms with Gasteiger partial charge in [0.1, 0.15) is 5.54 Å². The van der Waals surface area contributed by atoms with Crippen LogP contribution in [0.1, 0.15) is 30.7 Å². The van der Waals surface area contributed by atoms with E-state index in [2.05, 4.69) is 39.6 Å². The molecule has 4 rings (SSSR count). The van der Waals surface area contributed by atoms with Crippen LogP contribution in [0.3, 0.4) is 0 Å². The molecule has 5 heteroatoms. The maximum atomic E-state index is 13.4. The number of benzene rings is 1. The summed E-state index contributed by atoms with van der Waals surface area (Å²) in [5, 5.41) is 7.79. The normalized spacial score (nSPS) is 23.3. The lowest BCUT2D eigenvalue weighted by molar-refractivity contribution is -0.142. The molecule has 1 aromatic heterocycles. The van der Waals surface area contributed by atoms with Crippen molar-refractivity contribution >= 4 is 5.91 Å². The molecule has 0 radical (unpaired) electrons. The van der Waals surface area contributed by atoms with Crippen LogP contribution in [-0.4, -0.2) is 46.8 Å². The fourth-order valence-corrected chi connectivity index (χ4v) is 4.14. The van der Waals surface area contributed by atoms with Crippen molar-refractivity contribution in [3.05, 3.63) is 54.4 Å². The van der Waals surface area contributed by atoms with E-state index < -0.39 is 5.54 Å². The number of rotatable bonds is 3. The number of piperidine rings is 1. The summed E-state index contributed by atoms with van der Waals surface area (Å²) >= 11 is 0. The fraction of sp³-hybridized carbons (Fsp3) is 0.474. The topological polar surface area (TPSA) is 50.2 Å². The summed E-state index contributed by atoms with van der Waals surface area (Å²) in [5.41, 5.74) is 0.826. The Bertz CT molecular complexity index is 677. The Kier molecular flexibility index (Phi) is 4.10. The van der Waals surface area contributed by atoms with Gasteiger partial charge in [-0.25, -0.2) is 0 Å². The van der Waals surface area contributed by atoms with Crippen LogP contribution in [0.5, 0.6) is 0 Å². The van der Waals surface area contributed by atoms with Crippen molar-refractivity contribution in [2.45, 2.75) is 30.7 Å². The number of carbonyl (C=O) groups is 1. The number of likely N-dealkylation sites (tertiary alicyclic amines) is 1. The molecule has 1 atom stereocenters. The monoisotopic (exact) mass is 324 g/mol. The Labute approximate surface area is 142 Å². The average molecular weight is 324 g/mol. The number of nitrogens with one attached hydrogen (secondary N) is 1. The van der Waals surface area contributed by atoms with Crippen LogP contribution in [0.25, 0.3) is 0 Å². The van der Waals surface area contributed by atoms with E-state index in [0.717, 1.165) is 45.4 Å². The largest absolute Gasteiger partial charge is 0.340 e. The highest BCUT2D eigenvalue weighted by atomic mass is 16.2. The number of hydrogen-bond acceptors (Lipinski definition) is 3. The molecule has 126 valence electrons. The van der Waals surface area contributed by atoms with Gasteiger partial charge in [-0.1, -0.05) is 30.3 Å². The van der Waals surface area contributed by atoms with E-state index >= 15 is 0 Å². The van der Waals surface area contributed by atoms with Crippen molar-refractivity contribution in [3.63, 3.8) is 0 Å². The van der Waals surface area contributed by atoms with Crippen LogP contribution in [0, 0.1) is 0 Å². The van der Waals surface area contributed by atoms with Crippen molar-refractivity contribution in [3.8, 4) is 0 Å². The van der Waals surface area contributed by atoms with Crippen LogP contribution in [0.4, 0.5) is 0 Å². The van der Waals surface area contributed by atoms with Gasteiger partial charge in [-0.05, 0) is 44.0 Å². The summed E-state index contributed by atoms with van der Waals surface area (Å²) in [7, 11) is 0. The first-order chi connectivity index (χ1) is 11.8. The Morgan fingerprint density at radius 2 is 1.96 bits per heavy atom.